The Labute approximate surface area is 106 Å². The fraction of sp³-hybridized carbons (Fsp3) is 1.00. The molecule has 2 unspecified atom stereocenters. The van der Waals surface area contributed by atoms with Crippen molar-refractivity contribution in [2.24, 2.45) is 0 Å². The number of hydrogen-bond acceptors (Lipinski definition) is 8. The van der Waals surface area contributed by atoms with Crippen LogP contribution in [-0.2, 0) is 33.2 Å². The molecule has 0 aromatic rings. The van der Waals surface area contributed by atoms with Crippen molar-refractivity contribution in [2.45, 2.75) is 5.18 Å². The van der Waals surface area contributed by atoms with Gasteiger partial charge < -0.3 is 14.0 Å². The van der Waals surface area contributed by atoms with Crippen LogP contribution in [0.5, 0.6) is 0 Å². The van der Waals surface area contributed by atoms with E-state index in [2.05, 4.69) is 8.71 Å². The van der Waals surface area contributed by atoms with E-state index >= 15 is 0 Å². The molecule has 0 amide bonds. The molecule has 0 bridgehead atoms. The molecular weight excluding hydrogens is 278 g/mol. The van der Waals surface area contributed by atoms with Gasteiger partial charge in [0.1, 0.15) is 0 Å². The van der Waals surface area contributed by atoms with Gasteiger partial charge in [-0.25, -0.2) is 12.6 Å². The van der Waals surface area contributed by atoms with Crippen molar-refractivity contribution in [3.05, 3.63) is 0 Å². The minimum absolute atomic E-state index is 0. The third-order valence-corrected chi connectivity index (χ3v) is 5.83. The smallest absolute Gasteiger partial charge is 0.776 e. The Bertz CT molecular complexity index is 466. The van der Waals surface area contributed by atoms with E-state index in [1.807, 2.05) is 0 Å². The predicted octanol–water partition coefficient (Wildman–Crippen LogP) is -4.51. The molecule has 0 rings (SSSR count). The summed E-state index contributed by atoms with van der Waals surface area (Å²) >= 11 is 0. The van der Waals surface area contributed by atoms with E-state index in [-0.39, 0.29) is 18.9 Å². The van der Waals surface area contributed by atoms with Crippen molar-refractivity contribution < 1.29 is 53.9 Å². The van der Waals surface area contributed by atoms with Gasteiger partial charge in [0.05, 0.1) is 6.26 Å². The van der Waals surface area contributed by atoms with Gasteiger partial charge in [-0.15, -0.1) is 0 Å². The Balaban J connectivity index is 0. The van der Waals surface area contributed by atoms with Crippen LogP contribution >= 0.6 is 7.60 Å². The van der Waals surface area contributed by atoms with Crippen LogP contribution in [0.25, 0.3) is 0 Å². The molecule has 0 saturated carbocycles. The molecular formula is C4H10LiO8PS2. The first kappa shape index (κ1) is 19.0. The van der Waals surface area contributed by atoms with Gasteiger partial charge in [0.2, 0.25) is 5.18 Å². The molecule has 0 saturated heterocycles. The van der Waals surface area contributed by atoms with Gasteiger partial charge in [0.15, 0.2) is 17.4 Å². The summed E-state index contributed by atoms with van der Waals surface area (Å²) < 4.78 is 62.1. The van der Waals surface area contributed by atoms with Crippen LogP contribution in [-0.4, -0.2) is 41.6 Å². The maximum Gasteiger partial charge on any atom is 1.00 e. The summed E-state index contributed by atoms with van der Waals surface area (Å²) in [5, 5.41) is -2.55. The van der Waals surface area contributed by atoms with Crippen LogP contribution in [0, 0.1) is 0 Å². The average molecular weight is 288 g/mol. The van der Waals surface area contributed by atoms with Crippen molar-refractivity contribution in [3.63, 3.8) is 0 Å². The first-order valence-corrected chi connectivity index (χ1v) is 8.72. The minimum Gasteiger partial charge on any atom is -0.776 e. The first-order chi connectivity index (χ1) is 6.40. The fourth-order valence-corrected chi connectivity index (χ4v) is 5.09. The molecule has 0 aliphatic rings. The molecule has 16 heavy (non-hydrogen) atoms. The van der Waals surface area contributed by atoms with E-state index in [1.54, 1.807) is 0 Å². The molecule has 0 aromatic heterocycles. The van der Waals surface area contributed by atoms with Gasteiger partial charge in [-0.1, -0.05) is 0 Å². The summed E-state index contributed by atoms with van der Waals surface area (Å²) in [4.78, 5) is 11.1. The van der Waals surface area contributed by atoms with E-state index in [1.165, 1.54) is 0 Å². The summed E-state index contributed by atoms with van der Waals surface area (Å²) in [6, 6.07) is 0. The topological polar surface area (TPSA) is 127 Å². The third-order valence-electron chi connectivity index (χ3n) is 1.14. The molecule has 8 nitrogen and oxygen atoms in total. The summed E-state index contributed by atoms with van der Waals surface area (Å²) in [5.41, 5.74) is 0. The van der Waals surface area contributed by atoms with E-state index in [0.717, 1.165) is 0 Å². The maximum atomic E-state index is 11.1. The van der Waals surface area contributed by atoms with Crippen LogP contribution in [0.15, 0.2) is 0 Å². The monoisotopic (exact) mass is 288 g/mol. The second-order valence-electron chi connectivity index (χ2n) is 2.66. The normalized spacial score (nSPS) is 18.2. The van der Waals surface area contributed by atoms with Crippen LogP contribution in [0.4, 0.5) is 0 Å². The average Bonchev–Trinajstić information content (AvgIpc) is 1.96. The molecule has 0 aliphatic carbocycles. The molecule has 0 N–H and O–H groups in total. The quantitative estimate of drug-likeness (QED) is 0.281. The summed E-state index contributed by atoms with van der Waals surface area (Å²) in [7, 11) is -12.7. The SMILES string of the molecule is COP(=O)([O-])C(OS(C)(=O)=O)S(C)(=O)=O.[Li+]. The minimum atomic E-state index is -4.94. The van der Waals surface area contributed by atoms with E-state index in [4.69, 9.17) is 0 Å². The second kappa shape index (κ2) is 5.98. The second-order valence-corrected chi connectivity index (χ2v) is 8.61. The molecule has 0 fully saturated rings. The van der Waals surface area contributed by atoms with Gasteiger partial charge in [-0.05, 0) is 0 Å². The van der Waals surface area contributed by atoms with E-state index in [0.29, 0.717) is 19.6 Å². The Kier molecular flexibility index (Phi) is 7.08. The van der Waals surface area contributed by atoms with E-state index in [9.17, 15) is 26.3 Å². The molecule has 0 aliphatic heterocycles. The molecule has 0 radical (unpaired) electrons. The van der Waals surface area contributed by atoms with Gasteiger partial charge in [0, 0.05) is 13.4 Å². The Hall–Kier alpha value is 0.607. The number of hydrogen-bond donors (Lipinski definition) is 0. The number of sulfone groups is 1. The number of rotatable bonds is 5. The molecule has 92 valence electrons. The Morgan fingerprint density at radius 2 is 1.56 bits per heavy atom. The van der Waals surface area contributed by atoms with Crippen LogP contribution in [0.1, 0.15) is 0 Å². The molecule has 0 heterocycles. The zero-order valence-electron chi connectivity index (χ0n) is 9.11. The molecule has 12 heteroatoms. The summed E-state index contributed by atoms with van der Waals surface area (Å²) in [6.07, 6.45) is 1.05. The van der Waals surface area contributed by atoms with Crippen LogP contribution < -0.4 is 23.8 Å². The van der Waals surface area contributed by atoms with Crippen molar-refractivity contribution >= 4 is 27.6 Å². The fourth-order valence-electron chi connectivity index (χ4n) is 0.594. The van der Waals surface area contributed by atoms with Crippen molar-refractivity contribution in [2.75, 3.05) is 19.6 Å². The van der Waals surface area contributed by atoms with Gasteiger partial charge in [0.25, 0.3) is 10.1 Å². The van der Waals surface area contributed by atoms with Crippen molar-refractivity contribution in [3.8, 4) is 0 Å². The van der Waals surface area contributed by atoms with Gasteiger partial charge in [-0.2, -0.15) is 8.42 Å². The van der Waals surface area contributed by atoms with Gasteiger partial charge >= 0.3 is 18.9 Å². The standard InChI is InChI=1S/C4H11O8PS2.Li/c1-11-13(5,6)4(14(2,7)8)12-15(3,9)10;/h4H,1-3H3,(H,5,6);/q;+1/p-1. The maximum absolute atomic E-state index is 11.1. The van der Waals surface area contributed by atoms with Crippen molar-refractivity contribution in [1.29, 1.82) is 0 Å². The first-order valence-electron chi connectivity index (χ1n) is 3.34. The van der Waals surface area contributed by atoms with E-state index < -0.39 is 32.7 Å². The predicted molar refractivity (Wildman–Crippen MR) is 49.2 cm³/mol. The Morgan fingerprint density at radius 1 is 1.19 bits per heavy atom. The molecule has 0 aromatic carbocycles. The summed E-state index contributed by atoms with van der Waals surface area (Å²) in [5.74, 6) is 0. The molecule has 2 atom stereocenters. The van der Waals surface area contributed by atoms with Gasteiger partial charge in [-0.3, -0.25) is 0 Å². The Morgan fingerprint density at radius 3 is 1.75 bits per heavy atom. The van der Waals surface area contributed by atoms with Crippen LogP contribution in [0.2, 0.25) is 0 Å². The largest absolute Gasteiger partial charge is 1.00 e. The van der Waals surface area contributed by atoms with Crippen molar-refractivity contribution in [1.82, 2.24) is 0 Å². The third kappa shape index (κ3) is 6.37. The molecule has 0 spiro atoms. The zero-order chi connectivity index (χ0) is 12.5. The summed E-state index contributed by atoms with van der Waals surface area (Å²) in [6.45, 7) is 0. The zero-order valence-corrected chi connectivity index (χ0v) is 11.6. The van der Waals surface area contributed by atoms with Crippen LogP contribution in [0.3, 0.4) is 0 Å².